The van der Waals surface area contributed by atoms with Crippen LogP contribution in [-0.4, -0.2) is 40.2 Å². The Kier molecular flexibility index (Phi) is 3.92. The van der Waals surface area contributed by atoms with E-state index in [0.29, 0.717) is 12.2 Å². The first-order valence-corrected chi connectivity index (χ1v) is 7.59. The number of benzene rings is 1. The third-order valence-electron chi connectivity index (χ3n) is 3.31. The summed E-state index contributed by atoms with van der Waals surface area (Å²) in [4.78, 5) is 30.1. The van der Waals surface area contributed by atoms with Crippen LogP contribution in [0.5, 0.6) is 0 Å². The lowest BCUT2D eigenvalue weighted by Gasteiger charge is -2.19. The zero-order valence-electron chi connectivity index (χ0n) is 11.2. The first-order valence-electron chi connectivity index (χ1n) is 6.71. The standard InChI is InChI=1S/C14H14FN3O2S/c15-9-2-4-10(5-3-9)17-12(19)8-11-13(20)18-7-1-6-16-14(18)21-11/h2-5,11H,1,6-8H2,(H,17,19). The average molecular weight is 307 g/mol. The summed E-state index contributed by atoms with van der Waals surface area (Å²) in [7, 11) is 0. The van der Waals surface area contributed by atoms with E-state index in [1.54, 1.807) is 4.90 Å². The van der Waals surface area contributed by atoms with Gasteiger partial charge < -0.3 is 5.32 Å². The monoisotopic (exact) mass is 307 g/mol. The summed E-state index contributed by atoms with van der Waals surface area (Å²) < 4.78 is 12.8. The van der Waals surface area contributed by atoms with Crippen LogP contribution in [0.2, 0.25) is 0 Å². The van der Waals surface area contributed by atoms with Gasteiger partial charge in [0.1, 0.15) is 11.1 Å². The molecule has 0 bridgehead atoms. The van der Waals surface area contributed by atoms with Gasteiger partial charge in [0.25, 0.3) is 0 Å². The molecule has 1 fully saturated rings. The first kappa shape index (κ1) is 14.1. The van der Waals surface area contributed by atoms with Crippen molar-refractivity contribution in [3.05, 3.63) is 30.1 Å². The summed E-state index contributed by atoms with van der Waals surface area (Å²) in [5.74, 6) is -0.662. The van der Waals surface area contributed by atoms with Crippen LogP contribution in [0, 0.1) is 5.82 Å². The average Bonchev–Trinajstić information content (AvgIpc) is 2.78. The number of amides is 2. The largest absolute Gasteiger partial charge is 0.326 e. The SMILES string of the molecule is O=C(CC1SC2=NCCCN2C1=O)Nc1ccc(F)cc1. The highest BCUT2D eigenvalue weighted by Crippen LogP contribution is 2.31. The zero-order valence-corrected chi connectivity index (χ0v) is 12.0. The lowest BCUT2D eigenvalue weighted by molar-refractivity contribution is -0.128. The van der Waals surface area contributed by atoms with Gasteiger partial charge in [0, 0.05) is 25.2 Å². The fraction of sp³-hybridized carbons (Fsp3) is 0.357. The number of hydrogen-bond donors (Lipinski definition) is 1. The van der Waals surface area contributed by atoms with E-state index < -0.39 is 5.25 Å². The molecule has 1 aromatic carbocycles. The molecule has 2 heterocycles. The van der Waals surface area contributed by atoms with Crippen LogP contribution in [-0.2, 0) is 9.59 Å². The van der Waals surface area contributed by atoms with Gasteiger partial charge in [-0.15, -0.1) is 0 Å². The highest BCUT2D eigenvalue weighted by molar-refractivity contribution is 8.15. The minimum Gasteiger partial charge on any atom is -0.326 e. The molecule has 1 atom stereocenters. The van der Waals surface area contributed by atoms with Crippen molar-refractivity contribution in [1.82, 2.24) is 4.90 Å². The summed E-state index contributed by atoms with van der Waals surface area (Å²) >= 11 is 1.35. The number of hydrogen-bond acceptors (Lipinski definition) is 4. The van der Waals surface area contributed by atoms with Crippen molar-refractivity contribution in [3.63, 3.8) is 0 Å². The Morgan fingerprint density at radius 1 is 1.43 bits per heavy atom. The quantitative estimate of drug-likeness (QED) is 0.927. The van der Waals surface area contributed by atoms with Crippen LogP contribution in [0.25, 0.3) is 0 Å². The molecular weight excluding hydrogens is 293 g/mol. The maximum absolute atomic E-state index is 12.8. The van der Waals surface area contributed by atoms with Gasteiger partial charge in [-0.2, -0.15) is 0 Å². The predicted octanol–water partition coefficient (Wildman–Crippen LogP) is 1.86. The molecule has 1 unspecified atom stereocenters. The topological polar surface area (TPSA) is 61.8 Å². The number of nitrogens with one attached hydrogen (secondary N) is 1. The van der Waals surface area contributed by atoms with E-state index in [0.717, 1.165) is 18.1 Å². The van der Waals surface area contributed by atoms with Gasteiger partial charge in [-0.05, 0) is 30.7 Å². The molecule has 0 saturated carbocycles. The van der Waals surface area contributed by atoms with E-state index in [1.165, 1.54) is 36.0 Å². The Balaban J connectivity index is 1.60. The number of fused-ring (bicyclic) bond motifs is 1. The third-order valence-corrected chi connectivity index (χ3v) is 4.52. The van der Waals surface area contributed by atoms with Crippen molar-refractivity contribution in [2.75, 3.05) is 18.4 Å². The molecule has 0 aromatic heterocycles. The summed E-state index contributed by atoms with van der Waals surface area (Å²) in [5.41, 5.74) is 0.520. The summed E-state index contributed by atoms with van der Waals surface area (Å²) in [6.07, 6.45) is 0.959. The van der Waals surface area contributed by atoms with Crippen LogP contribution < -0.4 is 5.32 Å². The highest BCUT2D eigenvalue weighted by Gasteiger charge is 2.39. The van der Waals surface area contributed by atoms with Gasteiger partial charge in [-0.3, -0.25) is 19.5 Å². The van der Waals surface area contributed by atoms with E-state index >= 15 is 0 Å². The number of amidine groups is 1. The number of thioether (sulfide) groups is 1. The van der Waals surface area contributed by atoms with Crippen molar-refractivity contribution in [3.8, 4) is 0 Å². The van der Waals surface area contributed by atoms with Gasteiger partial charge in [-0.1, -0.05) is 11.8 Å². The molecule has 2 aliphatic rings. The molecule has 1 saturated heterocycles. The molecule has 5 nitrogen and oxygen atoms in total. The lowest BCUT2D eigenvalue weighted by atomic mass is 10.2. The van der Waals surface area contributed by atoms with Gasteiger partial charge in [0.15, 0.2) is 5.17 Å². The van der Waals surface area contributed by atoms with Crippen LogP contribution in [0.1, 0.15) is 12.8 Å². The second kappa shape index (κ2) is 5.85. The van der Waals surface area contributed by atoms with Crippen LogP contribution in [0.4, 0.5) is 10.1 Å². The Morgan fingerprint density at radius 2 is 2.19 bits per heavy atom. The third kappa shape index (κ3) is 3.07. The van der Waals surface area contributed by atoms with E-state index in [1.807, 2.05) is 0 Å². The van der Waals surface area contributed by atoms with Crippen molar-refractivity contribution in [1.29, 1.82) is 0 Å². The van der Waals surface area contributed by atoms with Gasteiger partial charge >= 0.3 is 0 Å². The molecule has 110 valence electrons. The van der Waals surface area contributed by atoms with Gasteiger partial charge in [0.05, 0.1) is 0 Å². The molecule has 2 amide bonds. The van der Waals surface area contributed by atoms with Crippen LogP contribution in [0.15, 0.2) is 29.3 Å². The molecule has 21 heavy (non-hydrogen) atoms. The van der Waals surface area contributed by atoms with E-state index in [4.69, 9.17) is 0 Å². The first-order chi connectivity index (χ1) is 10.1. The summed E-state index contributed by atoms with van der Waals surface area (Å²) in [6.45, 7) is 1.42. The number of carbonyl (C=O) groups excluding carboxylic acids is 2. The van der Waals surface area contributed by atoms with E-state index in [2.05, 4.69) is 10.3 Å². The minimum atomic E-state index is -0.415. The maximum Gasteiger partial charge on any atom is 0.242 e. The summed E-state index contributed by atoms with van der Waals surface area (Å²) in [6, 6.07) is 5.54. The maximum atomic E-state index is 12.8. The van der Waals surface area contributed by atoms with Gasteiger partial charge in [0.2, 0.25) is 11.8 Å². The number of anilines is 1. The van der Waals surface area contributed by atoms with Crippen molar-refractivity contribution >= 4 is 34.4 Å². The second-order valence-corrected chi connectivity index (χ2v) is 6.04. The van der Waals surface area contributed by atoms with E-state index in [9.17, 15) is 14.0 Å². The Morgan fingerprint density at radius 3 is 2.90 bits per heavy atom. The van der Waals surface area contributed by atoms with Crippen molar-refractivity contribution in [2.24, 2.45) is 4.99 Å². The highest BCUT2D eigenvalue weighted by atomic mass is 32.2. The normalized spacial score (nSPS) is 21.0. The zero-order chi connectivity index (χ0) is 14.8. The molecule has 0 spiro atoms. The predicted molar refractivity (Wildman–Crippen MR) is 79.7 cm³/mol. The number of halogens is 1. The Bertz CT molecular complexity index is 603. The number of carbonyl (C=O) groups is 2. The molecule has 1 aromatic rings. The Hall–Kier alpha value is -1.89. The van der Waals surface area contributed by atoms with Gasteiger partial charge in [-0.25, -0.2) is 4.39 Å². The molecular formula is C14H14FN3O2S. The fourth-order valence-electron chi connectivity index (χ4n) is 2.28. The summed E-state index contributed by atoms with van der Waals surface area (Å²) in [5, 5.41) is 2.98. The van der Waals surface area contributed by atoms with Crippen LogP contribution in [0.3, 0.4) is 0 Å². The molecule has 0 radical (unpaired) electrons. The number of rotatable bonds is 3. The van der Waals surface area contributed by atoms with Crippen molar-refractivity contribution in [2.45, 2.75) is 18.1 Å². The molecule has 1 N–H and O–H groups in total. The molecule has 7 heteroatoms. The number of aliphatic imine (C=N–C) groups is 1. The second-order valence-electron chi connectivity index (χ2n) is 4.87. The molecule has 2 aliphatic heterocycles. The lowest BCUT2D eigenvalue weighted by Crippen LogP contribution is -2.36. The minimum absolute atomic E-state index is 0.0484. The van der Waals surface area contributed by atoms with Crippen LogP contribution >= 0.6 is 11.8 Å². The Labute approximate surface area is 125 Å². The fourth-order valence-corrected chi connectivity index (χ4v) is 3.48. The molecule has 0 aliphatic carbocycles. The van der Waals surface area contributed by atoms with E-state index in [-0.39, 0.29) is 24.1 Å². The smallest absolute Gasteiger partial charge is 0.242 e. The molecule has 3 rings (SSSR count). The number of nitrogens with zero attached hydrogens (tertiary/aromatic N) is 2. The van der Waals surface area contributed by atoms with Crippen molar-refractivity contribution < 1.29 is 14.0 Å².